The number of hydrogen-bond acceptors (Lipinski definition) is 4. The molecule has 0 aliphatic carbocycles. The minimum Gasteiger partial charge on any atom is -0.374 e. The highest BCUT2D eigenvalue weighted by Gasteiger charge is 2.21. The average molecular weight is 251 g/mol. The second-order valence-electron chi connectivity index (χ2n) is 4.90. The van der Waals surface area contributed by atoms with E-state index in [0.717, 1.165) is 6.54 Å². The summed E-state index contributed by atoms with van der Waals surface area (Å²) in [7, 11) is -3.45. The van der Waals surface area contributed by atoms with Crippen LogP contribution in [0.3, 0.4) is 0 Å². The lowest BCUT2D eigenvalue weighted by molar-refractivity contribution is 0.0323. The molecule has 0 spiro atoms. The minimum absolute atomic E-state index is 0.0923. The number of morpholine rings is 1. The van der Waals surface area contributed by atoms with Crippen molar-refractivity contribution in [3.63, 3.8) is 0 Å². The summed E-state index contributed by atoms with van der Waals surface area (Å²) in [5.41, 5.74) is -0.475. The predicted molar refractivity (Wildman–Crippen MR) is 62.4 cm³/mol. The lowest BCUT2D eigenvalue weighted by atomic mass is 10.1. The highest BCUT2D eigenvalue weighted by atomic mass is 32.2. The van der Waals surface area contributed by atoms with Crippen LogP contribution in [-0.2, 0) is 14.9 Å². The number of rotatable bonds is 4. The molecule has 6 nitrogen and oxygen atoms in total. The van der Waals surface area contributed by atoms with Gasteiger partial charge in [-0.15, -0.1) is 0 Å². The molecule has 7 heteroatoms. The maximum atomic E-state index is 11.6. The summed E-state index contributed by atoms with van der Waals surface area (Å²) < 4.78 is 33.6. The number of nitrogens with one attached hydrogen (secondary N) is 3. The van der Waals surface area contributed by atoms with Gasteiger partial charge in [-0.25, -0.2) is 0 Å². The van der Waals surface area contributed by atoms with Crippen molar-refractivity contribution in [3.8, 4) is 0 Å². The van der Waals surface area contributed by atoms with Gasteiger partial charge in [-0.3, -0.25) is 0 Å². The van der Waals surface area contributed by atoms with E-state index in [1.807, 2.05) is 0 Å². The van der Waals surface area contributed by atoms with Gasteiger partial charge < -0.3 is 10.1 Å². The smallest absolute Gasteiger partial charge is 0.277 e. The zero-order valence-electron chi connectivity index (χ0n) is 10.0. The molecule has 16 heavy (non-hydrogen) atoms. The molecule has 0 saturated carbocycles. The van der Waals surface area contributed by atoms with Crippen molar-refractivity contribution in [2.24, 2.45) is 0 Å². The van der Waals surface area contributed by atoms with E-state index in [2.05, 4.69) is 14.8 Å². The van der Waals surface area contributed by atoms with Gasteiger partial charge in [-0.2, -0.15) is 17.9 Å². The molecule has 1 aliphatic heterocycles. The predicted octanol–water partition coefficient (Wildman–Crippen LogP) is -0.803. The number of ether oxygens (including phenoxy) is 1. The third-order valence-electron chi connectivity index (χ3n) is 1.95. The fraction of sp³-hybridized carbons (Fsp3) is 1.00. The van der Waals surface area contributed by atoms with Gasteiger partial charge in [0, 0.05) is 25.2 Å². The summed E-state index contributed by atoms with van der Waals surface area (Å²) >= 11 is 0. The Hall–Kier alpha value is -0.210. The summed E-state index contributed by atoms with van der Waals surface area (Å²) in [5.74, 6) is 0. The summed E-state index contributed by atoms with van der Waals surface area (Å²) in [5, 5.41) is 3.14. The quantitative estimate of drug-likeness (QED) is 0.611. The van der Waals surface area contributed by atoms with Crippen molar-refractivity contribution in [2.75, 3.05) is 26.2 Å². The van der Waals surface area contributed by atoms with Crippen LogP contribution in [0.2, 0.25) is 0 Å². The minimum atomic E-state index is -3.45. The van der Waals surface area contributed by atoms with Gasteiger partial charge in [0.1, 0.15) is 0 Å². The molecule has 0 aromatic rings. The first-order chi connectivity index (χ1) is 7.29. The topological polar surface area (TPSA) is 79.5 Å². The molecule has 3 N–H and O–H groups in total. The van der Waals surface area contributed by atoms with Crippen LogP contribution in [0.5, 0.6) is 0 Å². The van der Waals surface area contributed by atoms with Crippen LogP contribution in [-0.4, -0.2) is 46.3 Å². The molecule has 1 saturated heterocycles. The van der Waals surface area contributed by atoms with E-state index in [0.29, 0.717) is 19.7 Å². The van der Waals surface area contributed by atoms with Crippen molar-refractivity contribution in [1.29, 1.82) is 0 Å². The Labute approximate surface area is 97.3 Å². The summed E-state index contributed by atoms with van der Waals surface area (Å²) in [6.07, 6.45) is -0.0923. The molecule has 1 heterocycles. The molecule has 0 amide bonds. The standard InChI is InChI=1S/C9H21N3O3S/c1-9(2,3)12-16(13,14)11-7-8-6-10-4-5-15-8/h8,10-12H,4-7H2,1-3H3. The molecular weight excluding hydrogens is 230 g/mol. The lowest BCUT2D eigenvalue weighted by Gasteiger charge is -2.25. The molecule has 0 aromatic heterocycles. The van der Waals surface area contributed by atoms with Crippen LogP contribution in [0, 0.1) is 0 Å². The van der Waals surface area contributed by atoms with Crippen LogP contribution >= 0.6 is 0 Å². The third kappa shape index (κ3) is 5.76. The van der Waals surface area contributed by atoms with E-state index in [-0.39, 0.29) is 6.10 Å². The van der Waals surface area contributed by atoms with Crippen LogP contribution in [0.4, 0.5) is 0 Å². The van der Waals surface area contributed by atoms with Crippen LogP contribution in [0.1, 0.15) is 20.8 Å². The first kappa shape index (κ1) is 13.9. The van der Waals surface area contributed by atoms with Gasteiger partial charge in [0.05, 0.1) is 12.7 Å². The first-order valence-corrected chi connectivity index (χ1v) is 6.88. The molecular formula is C9H21N3O3S. The van der Waals surface area contributed by atoms with E-state index in [4.69, 9.17) is 4.74 Å². The van der Waals surface area contributed by atoms with Gasteiger partial charge in [0.2, 0.25) is 0 Å². The van der Waals surface area contributed by atoms with Crippen molar-refractivity contribution in [2.45, 2.75) is 32.4 Å². The Morgan fingerprint density at radius 2 is 2.12 bits per heavy atom. The monoisotopic (exact) mass is 251 g/mol. The molecule has 1 aliphatic rings. The summed E-state index contributed by atoms with van der Waals surface area (Å²) in [6.45, 7) is 7.81. The van der Waals surface area contributed by atoms with Crippen molar-refractivity contribution < 1.29 is 13.2 Å². The van der Waals surface area contributed by atoms with Crippen molar-refractivity contribution in [1.82, 2.24) is 14.8 Å². The third-order valence-corrected chi connectivity index (χ3v) is 3.37. The second kappa shape index (κ2) is 5.42. The van der Waals surface area contributed by atoms with Gasteiger partial charge in [-0.05, 0) is 20.8 Å². The molecule has 0 radical (unpaired) electrons. The molecule has 1 atom stereocenters. The Balaban J connectivity index is 2.35. The van der Waals surface area contributed by atoms with Gasteiger partial charge >= 0.3 is 0 Å². The van der Waals surface area contributed by atoms with Gasteiger partial charge in [0.15, 0.2) is 0 Å². The largest absolute Gasteiger partial charge is 0.374 e. The van der Waals surface area contributed by atoms with Crippen LogP contribution < -0.4 is 14.8 Å². The second-order valence-corrected chi connectivity index (χ2v) is 6.40. The summed E-state index contributed by atoms with van der Waals surface area (Å²) in [4.78, 5) is 0. The maximum Gasteiger partial charge on any atom is 0.277 e. The zero-order valence-corrected chi connectivity index (χ0v) is 10.9. The van der Waals surface area contributed by atoms with Crippen molar-refractivity contribution >= 4 is 10.2 Å². The van der Waals surface area contributed by atoms with E-state index >= 15 is 0 Å². The fourth-order valence-electron chi connectivity index (χ4n) is 1.39. The van der Waals surface area contributed by atoms with Gasteiger partial charge in [-0.1, -0.05) is 0 Å². The van der Waals surface area contributed by atoms with Gasteiger partial charge in [0.25, 0.3) is 10.2 Å². The highest BCUT2D eigenvalue weighted by Crippen LogP contribution is 2.01. The van der Waals surface area contributed by atoms with E-state index in [9.17, 15) is 8.42 Å². The molecule has 1 fully saturated rings. The average Bonchev–Trinajstić information content (AvgIpc) is 2.13. The Morgan fingerprint density at radius 1 is 1.44 bits per heavy atom. The molecule has 0 bridgehead atoms. The van der Waals surface area contributed by atoms with Crippen molar-refractivity contribution in [3.05, 3.63) is 0 Å². The lowest BCUT2D eigenvalue weighted by Crippen LogP contribution is -2.51. The zero-order chi connectivity index (χ0) is 12.2. The molecule has 1 rings (SSSR count). The summed E-state index contributed by atoms with van der Waals surface area (Å²) in [6, 6.07) is 0. The maximum absolute atomic E-state index is 11.6. The van der Waals surface area contributed by atoms with Crippen LogP contribution in [0.25, 0.3) is 0 Å². The van der Waals surface area contributed by atoms with Crippen LogP contribution in [0.15, 0.2) is 0 Å². The molecule has 1 unspecified atom stereocenters. The molecule has 96 valence electrons. The molecule has 0 aromatic carbocycles. The highest BCUT2D eigenvalue weighted by molar-refractivity contribution is 7.87. The van der Waals surface area contributed by atoms with E-state index in [1.165, 1.54) is 0 Å². The Morgan fingerprint density at radius 3 is 2.62 bits per heavy atom. The Bertz CT molecular complexity index is 304. The number of hydrogen-bond donors (Lipinski definition) is 3. The SMILES string of the molecule is CC(C)(C)NS(=O)(=O)NCC1CNCCO1. The Kier molecular flexibility index (Phi) is 4.69. The van der Waals surface area contributed by atoms with E-state index < -0.39 is 15.7 Å². The fourth-order valence-corrected chi connectivity index (χ4v) is 2.68. The first-order valence-electron chi connectivity index (χ1n) is 5.39. The normalized spacial score (nSPS) is 23.3. The van der Waals surface area contributed by atoms with E-state index in [1.54, 1.807) is 20.8 Å².